The van der Waals surface area contributed by atoms with Crippen LogP contribution in [0.1, 0.15) is 5.56 Å². The van der Waals surface area contributed by atoms with Gasteiger partial charge in [0.25, 0.3) is 0 Å². The first-order chi connectivity index (χ1) is 6.22. The fourth-order valence-corrected chi connectivity index (χ4v) is 2.02. The summed E-state index contributed by atoms with van der Waals surface area (Å²) in [6.45, 7) is 0. The highest BCUT2D eigenvalue weighted by atomic mass is 79.9. The van der Waals surface area contributed by atoms with Gasteiger partial charge in [-0.3, -0.25) is 0 Å². The summed E-state index contributed by atoms with van der Waals surface area (Å²) in [5.74, 6) is 1.61. The molecule has 0 saturated heterocycles. The molecule has 0 spiro atoms. The number of rotatable bonds is 3. The minimum atomic E-state index is 0.763. The molecule has 0 radical (unpaired) electrons. The Morgan fingerprint density at radius 2 is 1.77 bits per heavy atom. The lowest BCUT2D eigenvalue weighted by Crippen LogP contribution is -1.92. The van der Waals surface area contributed by atoms with Crippen LogP contribution >= 0.6 is 31.9 Å². The molecule has 0 aliphatic heterocycles. The van der Waals surface area contributed by atoms with Crippen molar-refractivity contribution in [2.75, 3.05) is 14.2 Å². The van der Waals surface area contributed by atoms with Gasteiger partial charge in [-0.2, -0.15) is 0 Å². The minimum absolute atomic E-state index is 0.763. The highest BCUT2D eigenvalue weighted by molar-refractivity contribution is 9.10. The summed E-state index contributed by atoms with van der Waals surface area (Å²) in [6, 6.07) is 3.84. The van der Waals surface area contributed by atoms with Crippen LogP contribution in [0.15, 0.2) is 16.6 Å². The molecule has 1 aromatic rings. The topological polar surface area (TPSA) is 18.5 Å². The van der Waals surface area contributed by atoms with E-state index in [4.69, 9.17) is 9.47 Å². The van der Waals surface area contributed by atoms with Crippen molar-refractivity contribution in [3.8, 4) is 11.5 Å². The van der Waals surface area contributed by atoms with E-state index in [0.717, 1.165) is 26.9 Å². The molecule has 2 nitrogen and oxygen atoms in total. The smallest absolute Gasteiger partial charge is 0.136 e. The second-order valence-corrected chi connectivity index (χ2v) is 3.85. The van der Waals surface area contributed by atoms with Gasteiger partial charge in [-0.15, -0.1) is 0 Å². The van der Waals surface area contributed by atoms with E-state index in [0.29, 0.717) is 0 Å². The summed E-state index contributed by atoms with van der Waals surface area (Å²) in [4.78, 5) is 0. The second kappa shape index (κ2) is 4.86. The normalized spacial score (nSPS) is 9.85. The lowest BCUT2D eigenvalue weighted by molar-refractivity contribution is 0.390. The third-order valence-electron chi connectivity index (χ3n) is 1.70. The summed E-state index contributed by atoms with van der Waals surface area (Å²) in [5, 5.41) is 0.763. The average Bonchev–Trinajstić information content (AvgIpc) is 2.17. The Labute approximate surface area is 94.5 Å². The van der Waals surface area contributed by atoms with E-state index in [1.54, 1.807) is 14.2 Å². The largest absolute Gasteiger partial charge is 0.496 e. The number of halogens is 2. The molecule has 0 atom stereocenters. The van der Waals surface area contributed by atoms with E-state index in [-0.39, 0.29) is 0 Å². The van der Waals surface area contributed by atoms with Crippen molar-refractivity contribution in [3.05, 3.63) is 22.2 Å². The Bertz CT molecular complexity index is 300. The molecule has 0 heterocycles. The summed E-state index contributed by atoms with van der Waals surface area (Å²) in [6.07, 6.45) is 0. The highest BCUT2D eigenvalue weighted by Crippen LogP contribution is 2.33. The fraction of sp³-hybridized carbons (Fsp3) is 0.333. The van der Waals surface area contributed by atoms with Crippen LogP contribution in [-0.2, 0) is 5.33 Å². The summed E-state index contributed by atoms with van der Waals surface area (Å²) >= 11 is 6.80. The molecule has 0 aliphatic carbocycles. The molecular weight excluding hydrogens is 300 g/mol. The summed E-state index contributed by atoms with van der Waals surface area (Å²) in [5.41, 5.74) is 1.09. The van der Waals surface area contributed by atoms with Crippen LogP contribution in [0.5, 0.6) is 11.5 Å². The maximum Gasteiger partial charge on any atom is 0.136 e. The molecule has 0 aromatic heterocycles. The van der Waals surface area contributed by atoms with Crippen LogP contribution in [0.2, 0.25) is 0 Å². The molecular formula is C9H10Br2O2. The van der Waals surface area contributed by atoms with Gasteiger partial charge in [-0.05, 0) is 22.0 Å². The number of benzene rings is 1. The Morgan fingerprint density at radius 1 is 1.15 bits per heavy atom. The first-order valence-corrected chi connectivity index (χ1v) is 5.60. The van der Waals surface area contributed by atoms with E-state index in [1.165, 1.54) is 0 Å². The molecule has 72 valence electrons. The Hall–Kier alpha value is -0.220. The van der Waals surface area contributed by atoms with Crippen LogP contribution in [0.3, 0.4) is 0 Å². The van der Waals surface area contributed by atoms with E-state index in [9.17, 15) is 0 Å². The number of alkyl halides is 1. The van der Waals surface area contributed by atoms with Crippen LogP contribution in [-0.4, -0.2) is 14.2 Å². The highest BCUT2D eigenvalue weighted by Gasteiger charge is 2.07. The third-order valence-corrected chi connectivity index (χ3v) is 2.92. The van der Waals surface area contributed by atoms with Gasteiger partial charge in [0.15, 0.2) is 0 Å². The Balaban J connectivity index is 3.18. The molecule has 0 fully saturated rings. The molecule has 4 heteroatoms. The molecule has 0 bridgehead atoms. The standard InChI is InChI=1S/C9H10Br2O2/c1-12-8-4-9(13-2)7(11)3-6(8)5-10/h3-4H,5H2,1-2H3. The maximum atomic E-state index is 5.20. The molecule has 0 unspecified atom stereocenters. The molecule has 0 saturated carbocycles. The molecule has 1 rings (SSSR count). The Morgan fingerprint density at radius 3 is 2.23 bits per heavy atom. The lowest BCUT2D eigenvalue weighted by Gasteiger charge is -2.10. The van der Waals surface area contributed by atoms with Gasteiger partial charge in [0, 0.05) is 17.0 Å². The first kappa shape index (κ1) is 10.9. The van der Waals surface area contributed by atoms with E-state index in [1.807, 2.05) is 12.1 Å². The van der Waals surface area contributed by atoms with E-state index in [2.05, 4.69) is 31.9 Å². The SMILES string of the molecule is COc1cc(OC)c(CBr)cc1Br. The van der Waals surface area contributed by atoms with Gasteiger partial charge in [-0.25, -0.2) is 0 Å². The van der Waals surface area contributed by atoms with Crippen molar-refractivity contribution in [1.82, 2.24) is 0 Å². The van der Waals surface area contributed by atoms with Gasteiger partial charge >= 0.3 is 0 Å². The zero-order valence-corrected chi connectivity index (χ0v) is 10.6. The van der Waals surface area contributed by atoms with Gasteiger partial charge in [-0.1, -0.05) is 15.9 Å². The third kappa shape index (κ3) is 2.38. The first-order valence-electron chi connectivity index (χ1n) is 3.69. The summed E-state index contributed by atoms with van der Waals surface area (Å²) < 4.78 is 11.3. The van der Waals surface area contributed by atoms with Crippen molar-refractivity contribution in [3.63, 3.8) is 0 Å². The van der Waals surface area contributed by atoms with Crippen molar-refractivity contribution in [1.29, 1.82) is 0 Å². The van der Waals surface area contributed by atoms with Crippen molar-refractivity contribution >= 4 is 31.9 Å². The zero-order valence-electron chi connectivity index (χ0n) is 7.43. The Kier molecular flexibility index (Phi) is 4.06. The van der Waals surface area contributed by atoms with Gasteiger partial charge in [0.05, 0.1) is 18.7 Å². The minimum Gasteiger partial charge on any atom is -0.496 e. The van der Waals surface area contributed by atoms with Crippen molar-refractivity contribution in [2.45, 2.75) is 5.33 Å². The quantitative estimate of drug-likeness (QED) is 0.797. The second-order valence-electron chi connectivity index (χ2n) is 2.43. The molecule has 0 amide bonds. The van der Waals surface area contributed by atoms with Crippen LogP contribution < -0.4 is 9.47 Å². The van der Waals surface area contributed by atoms with Crippen LogP contribution in [0.25, 0.3) is 0 Å². The van der Waals surface area contributed by atoms with Gasteiger partial charge < -0.3 is 9.47 Å². The molecule has 0 aliphatic rings. The van der Waals surface area contributed by atoms with Gasteiger partial charge in [0.1, 0.15) is 11.5 Å². The zero-order chi connectivity index (χ0) is 9.84. The molecule has 13 heavy (non-hydrogen) atoms. The fourth-order valence-electron chi connectivity index (χ4n) is 1.03. The lowest BCUT2D eigenvalue weighted by atomic mass is 10.2. The monoisotopic (exact) mass is 308 g/mol. The maximum absolute atomic E-state index is 5.20. The number of hydrogen-bond acceptors (Lipinski definition) is 2. The number of methoxy groups -OCH3 is 2. The van der Waals surface area contributed by atoms with E-state index < -0.39 is 0 Å². The molecule has 1 aromatic carbocycles. The van der Waals surface area contributed by atoms with Crippen LogP contribution in [0, 0.1) is 0 Å². The molecule has 0 N–H and O–H groups in total. The van der Waals surface area contributed by atoms with Gasteiger partial charge in [0.2, 0.25) is 0 Å². The van der Waals surface area contributed by atoms with Crippen molar-refractivity contribution in [2.24, 2.45) is 0 Å². The predicted molar refractivity (Wildman–Crippen MR) is 59.9 cm³/mol. The van der Waals surface area contributed by atoms with Crippen molar-refractivity contribution < 1.29 is 9.47 Å². The number of ether oxygens (including phenoxy) is 2. The summed E-state index contributed by atoms with van der Waals surface area (Å²) in [7, 11) is 3.28. The predicted octanol–water partition coefficient (Wildman–Crippen LogP) is 3.36. The average molecular weight is 310 g/mol. The van der Waals surface area contributed by atoms with Crippen LogP contribution in [0.4, 0.5) is 0 Å². The number of hydrogen-bond donors (Lipinski definition) is 0. The van der Waals surface area contributed by atoms with E-state index >= 15 is 0 Å².